The van der Waals surface area contributed by atoms with Crippen LogP contribution in [-0.4, -0.2) is 32.7 Å². The molecule has 0 fully saturated rings. The van der Waals surface area contributed by atoms with Crippen molar-refractivity contribution in [1.29, 1.82) is 0 Å². The maximum Gasteiger partial charge on any atom is 0.251 e. The van der Waals surface area contributed by atoms with Gasteiger partial charge in [-0.05, 0) is 55.6 Å². The number of nitrogens with one attached hydrogen (secondary N) is 2. The molecule has 0 unspecified atom stereocenters. The summed E-state index contributed by atoms with van der Waals surface area (Å²) in [4.78, 5) is 22.1. The van der Waals surface area contributed by atoms with Gasteiger partial charge in [0, 0.05) is 37.0 Å². The Hall–Kier alpha value is -3.85. The highest BCUT2D eigenvalue weighted by Crippen LogP contribution is 2.33. The first kappa shape index (κ1) is 22.3. The van der Waals surface area contributed by atoms with Gasteiger partial charge in [0.05, 0.1) is 16.8 Å². The number of ether oxygens (including phenoxy) is 1. The molecular formula is C24H24N6O2S. The normalized spacial score (nSPS) is 10.7. The maximum atomic E-state index is 11.8. The lowest BCUT2D eigenvalue weighted by molar-refractivity contribution is 0.0963. The van der Waals surface area contributed by atoms with Gasteiger partial charge in [-0.2, -0.15) is 10.1 Å². The Bertz CT molecular complexity index is 1290. The van der Waals surface area contributed by atoms with Crippen molar-refractivity contribution in [2.24, 2.45) is 7.05 Å². The van der Waals surface area contributed by atoms with Gasteiger partial charge in [-0.25, -0.2) is 4.98 Å². The van der Waals surface area contributed by atoms with Crippen LogP contribution in [0.1, 0.15) is 21.5 Å². The molecule has 9 heteroatoms. The lowest BCUT2D eigenvalue weighted by Gasteiger charge is -2.15. The molecule has 0 saturated carbocycles. The number of carbonyl (C=O) groups is 1. The minimum atomic E-state index is -0.152. The molecule has 2 aromatic heterocycles. The van der Waals surface area contributed by atoms with Crippen molar-refractivity contribution in [2.45, 2.75) is 18.7 Å². The quantitative estimate of drug-likeness (QED) is 0.384. The van der Waals surface area contributed by atoms with Gasteiger partial charge in [-0.1, -0.05) is 24.3 Å². The molecule has 0 aliphatic rings. The van der Waals surface area contributed by atoms with E-state index in [-0.39, 0.29) is 5.91 Å². The lowest BCUT2D eigenvalue weighted by Crippen LogP contribution is -2.17. The first-order valence-corrected chi connectivity index (χ1v) is 11.1. The van der Waals surface area contributed by atoms with E-state index in [0.717, 1.165) is 27.3 Å². The Kier molecular flexibility index (Phi) is 6.60. The van der Waals surface area contributed by atoms with E-state index in [0.29, 0.717) is 23.1 Å². The molecule has 0 spiro atoms. The highest BCUT2D eigenvalue weighted by Gasteiger charge is 2.17. The minimum Gasteiger partial charge on any atom is -0.439 e. The molecule has 2 aromatic carbocycles. The van der Waals surface area contributed by atoms with Crippen molar-refractivity contribution in [1.82, 2.24) is 25.1 Å². The van der Waals surface area contributed by atoms with Crippen LogP contribution in [0, 0.1) is 13.8 Å². The van der Waals surface area contributed by atoms with Crippen LogP contribution in [0.25, 0.3) is 11.3 Å². The minimum absolute atomic E-state index is 0.152. The molecule has 168 valence electrons. The standard InChI is InChI=1S/C24H24N6O2S/c1-15-7-5-6-8-20(15)21-16(2)23(32-18-11-9-17(10-12-18)22(31)25-3)28-24(27-21)29-33-19-13-26-30(4)14-19/h5-14H,1-4H3,(H,25,31)(H,27,28,29). The molecule has 2 heterocycles. The van der Waals surface area contributed by atoms with Gasteiger partial charge >= 0.3 is 0 Å². The van der Waals surface area contributed by atoms with Crippen LogP contribution < -0.4 is 14.8 Å². The number of hydrogen-bond acceptors (Lipinski definition) is 7. The summed E-state index contributed by atoms with van der Waals surface area (Å²) in [5.74, 6) is 1.28. The Morgan fingerprint density at radius 2 is 1.82 bits per heavy atom. The summed E-state index contributed by atoms with van der Waals surface area (Å²) in [5.41, 5.74) is 4.27. The number of hydrogen-bond donors (Lipinski definition) is 2. The highest BCUT2D eigenvalue weighted by atomic mass is 32.2. The van der Waals surface area contributed by atoms with E-state index >= 15 is 0 Å². The lowest BCUT2D eigenvalue weighted by atomic mass is 10.0. The van der Waals surface area contributed by atoms with Crippen molar-refractivity contribution >= 4 is 23.8 Å². The zero-order valence-electron chi connectivity index (χ0n) is 18.8. The van der Waals surface area contributed by atoms with Crippen LogP contribution in [0.5, 0.6) is 11.6 Å². The predicted octanol–water partition coefficient (Wildman–Crippen LogP) is 4.77. The molecule has 4 rings (SSSR count). The third-order valence-corrected chi connectivity index (χ3v) is 5.73. The Labute approximate surface area is 196 Å². The number of carbonyl (C=O) groups excluding carboxylic acids is 1. The molecule has 0 bridgehead atoms. The molecule has 0 radical (unpaired) electrons. The van der Waals surface area contributed by atoms with Crippen LogP contribution in [0.3, 0.4) is 0 Å². The third kappa shape index (κ3) is 5.15. The monoisotopic (exact) mass is 460 g/mol. The molecule has 1 amide bonds. The molecule has 0 aliphatic carbocycles. The molecular weight excluding hydrogens is 436 g/mol. The van der Waals surface area contributed by atoms with E-state index in [4.69, 9.17) is 9.72 Å². The van der Waals surface area contributed by atoms with Crippen LogP contribution >= 0.6 is 11.9 Å². The molecule has 0 atom stereocenters. The van der Waals surface area contributed by atoms with E-state index < -0.39 is 0 Å². The van der Waals surface area contributed by atoms with E-state index in [2.05, 4.69) is 20.1 Å². The number of aromatic nitrogens is 4. The maximum absolute atomic E-state index is 11.8. The SMILES string of the molecule is CNC(=O)c1ccc(Oc2nc(NSc3cnn(C)c3)nc(-c3ccccc3C)c2C)cc1. The van der Waals surface area contributed by atoms with Crippen molar-refractivity contribution in [3.8, 4) is 22.9 Å². The van der Waals surface area contributed by atoms with E-state index in [9.17, 15) is 4.79 Å². The average Bonchev–Trinajstić information content (AvgIpc) is 3.25. The Balaban J connectivity index is 1.69. The van der Waals surface area contributed by atoms with Gasteiger partial charge in [-0.15, -0.1) is 0 Å². The average molecular weight is 461 g/mol. The molecule has 33 heavy (non-hydrogen) atoms. The van der Waals surface area contributed by atoms with Crippen molar-refractivity contribution in [2.75, 3.05) is 11.8 Å². The smallest absolute Gasteiger partial charge is 0.251 e. The summed E-state index contributed by atoms with van der Waals surface area (Å²) >= 11 is 1.37. The topological polar surface area (TPSA) is 94.0 Å². The largest absolute Gasteiger partial charge is 0.439 e. The molecule has 8 nitrogen and oxygen atoms in total. The van der Waals surface area contributed by atoms with Gasteiger partial charge in [0.1, 0.15) is 5.75 Å². The van der Waals surface area contributed by atoms with Gasteiger partial charge < -0.3 is 10.1 Å². The van der Waals surface area contributed by atoms with Gasteiger partial charge in [0.25, 0.3) is 5.91 Å². The summed E-state index contributed by atoms with van der Waals surface area (Å²) in [7, 11) is 3.46. The van der Waals surface area contributed by atoms with Crippen LogP contribution in [0.2, 0.25) is 0 Å². The summed E-state index contributed by atoms with van der Waals surface area (Å²) in [6.07, 6.45) is 3.67. The number of anilines is 1. The van der Waals surface area contributed by atoms with Crippen molar-refractivity contribution < 1.29 is 9.53 Å². The van der Waals surface area contributed by atoms with E-state index in [1.54, 1.807) is 42.2 Å². The summed E-state index contributed by atoms with van der Waals surface area (Å²) in [5, 5.41) is 6.79. The zero-order chi connectivity index (χ0) is 23.4. The molecule has 0 saturated heterocycles. The second-order valence-corrected chi connectivity index (χ2v) is 8.28. The first-order chi connectivity index (χ1) is 15.9. The number of benzene rings is 2. The van der Waals surface area contributed by atoms with Crippen molar-refractivity contribution in [3.05, 3.63) is 77.6 Å². The Morgan fingerprint density at radius 3 is 2.48 bits per heavy atom. The second-order valence-electron chi connectivity index (χ2n) is 7.40. The fourth-order valence-electron chi connectivity index (χ4n) is 3.23. The fourth-order valence-corrected chi connectivity index (χ4v) is 3.83. The summed E-state index contributed by atoms with van der Waals surface area (Å²) in [6, 6.07) is 15.0. The zero-order valence-corrected chi connectivity index (χ0v) is 19.6. The van der Waals surface area contributed by atoms with E-state index in [1.807, 2.05) is 51.4 Å². The van der Waals surface area contributed by atoms with Crippen LogP contribution in [0.4, 0.5) is 5.95 Å². The number of rotatable bonds is 7. The number of aryl methyl sites for hydroxylation is 2. The Morgan fingerprint density at radius 1 is 1.06 bits per heavy atom. The first-order valence-electron chi connectivity index (χ1n) is 10.3. The third-order valence-electron chi connectivity index (χ3n) is 5.00. The van der Waals surface area contributed by atoms with Gasteiger partial charge in [0.2, 0.25) is 11.8 Å². The van der Waals surface area contributed by atoms with Crippen LogP contribution in [-0.2, 0) is 7.05 Å². The summed E-state index contributed by atoms with van der Waals surface area (Å²) < 4.78 is 11.1. The fraction of sp³-hybridized carbons (Fsp3) is 0.167. The highest BCUT2D eigenvalue weighted by molar-refractivity contribution is 8.00. The van der Waals surface area contributed by atoms with Gasteiger partial charge in [-0.3, -0.25) is 14.2 Å². The molecule has 4 aromatic rings. The molecule has 0 aliphatic heterocycles. The summed E-state index contributed by atoms with van der Waals surface area (Å²) in [6.45, 7) is 3.99. The van der Waals surface area contributed by atoms with E-state index in [1.165, 1.54) is 11.9 Å². The van der Waals surface area contributed by atoms with Crippen molar-refractivity contribution in [3.63, 3.8) is 0 Å². The second kappa shape index (κ2) is 9.74. The molecule has 2 N–H and O–H groups in total. The predicted molar refractivity (Wildman–Crippen MR) is 130 cm³/mol. The van der Waals surface area contributed by atoms with Gasteiger partial charge in [0.15, 0.2) is 0 Å². The number of amides is 1. The van der Waals surface area contributed by atoms with Crippen LogP contribution in [0.15, 0.2) is 65.8 Å². The number of nitrogens with zero attached hydrogens (tertiary/aromatic N) is 4.